The van der Waals surface area contributed by atoms with Crippen LogP contribution < -0.4 is 5.73 Å². The molecule has 0 aliphatic carbocycles. The van der Waals surface area contributed by atoms with Crippen LogP contribution in [0.25, 0.3) is 0 Å². The van der Waals surface area contributed by atoms with Crippen LogP contribution in [0.4, 0.5) is 0 Å². The van der Waals surface area contributed by atoms with Crippen LogP contribution in [0.2, 0.25) is 0 Å². The number of benzene rings is 1. The minimum absolute atomic E-state index is 0.0109. The molecule has 2 atom stereocenters. The Kier molecular flexibility index (Phi) is 7.06. The van der Waals surface area contributed by atoms with Crippen molar-refractivity contribution in [1.82, 2.24) is 0 Å². The van der Waals surface area contributed by atoms with Gasteiger partial charge in [-0.3, -0.25) is 0 Å². The van der Waals surface area contributed by atoms with Crippen LogP contribution in [0.3, 0.4) is 0 Å². The molecule has 1 aromatic carbocycles. The maximum absolute atomic E-state index is 6.21. The van der Waals surface area contributed by atoms with Crippen LogP contribution in [0.15, 0.2) is 24.3 Å². The van der Waals surface area contributed by atoms with Gasteiger partial charge < -0.3 is 15.2 Å². The number of nitrogens with two attached hydrogens (primary N) is 1. The maximum atomic E-state index is 6.21. The highest BCUT2D eigenvalue weighted by Crippen LogP contribution is 2.17. The Morgan fingerprint density at radius 2 is 1.58 bits per heavy atom. The van der Waals surface area contributed by atoms with Gasteiger partial charge in [-0.25, -0.2) is 0 Å². The summed E-state index contributed by atoms with van der Waals surface area (Å²) >= 11 is 0. The summed E-state index contributed by atoms with van der Waals surface area (Å²) in [5, 5.41) is 0. The molecule has 2 unspecified atom stereocenters. The van der Waals surface area contributed by atoms with Crippen molar-refractivity contribution in [1.29, 1.82) is 0 Å². The Hall–Kier alpha value is -0.900. The summed E-state index contributed by atoms with van der Waals surface area (Å²) in [7, 11) is 0. The summed E-state index contributed by atoms with van der Waals surface area (Å²) in [5.41, 5.74) is 8.65. The Morgan fingerprint density at radius 3 is 2.11 bits per heavy atom. The third-order valence-electron chi connectivity index (χ3n) is 3.19. The van der Waals surface area contributed by atoms with Gasteiger partial charge in [-0.15, -0.1) is 0 Å². The fourth-order valence-corrected chi connectivity index (χ4v) is 1.87. The first-order chi connectivity index (χ1) is 9.04. The lowest BCUT2D eigenvalue weighted by Crippen LogP contribution is -2.27. The number of aryl methyl sites for hydroxylation is 1. The van der Waals surface area contributed by atoms with Crippen LogP contribution in [-0.2, 0) is 15.9 Å². The van der Waals surface area contributed by atoms with E-state index in [2.05, 4.69) is 31.2 Å². The molecular formula is C16H27NO2. The predicted molar refractivity (Wildman–Crippen MR) is 79.3 cm³/mol. The molecule has 2 N–H and O–H groups in total. The predicted octanol–water partition coefficient (Wildman–Crippen LogP) is 3.08. The first kappa shape index (κ1) is 16.2. The third kappa shape index (κ3) is 5.72. The summed E-state index contributed by atoms with van der Waals surface area (Å²) in [4.78, 5) is 0. The molecule has 0 heterocycles. The Balaban J connectivity index is 2.40. The normalized spacial score (nSPS) is 14.6. The average molecular weight is 265 g/mol. The molecule has 108 valence electrons. The highest BCUT2D eigenvalue weighted by Gasteiger charge is 2.15. The molecule has 0 saturated carbocycles. The van der Waals surface area contributed by atoms with E-state index >= 15 is 0 Å². The molecule has 19 heavy (non-hydrogen) atoms. The van der Waals surface area contributed by atoms with Crippen molar-refractivity contribution in [2.45, 2.75) is 52.4 Å². The molecule has 0 radical (unpaired) electrons. The molecule has 0 bridgehead atoms. The van der Waals surface area contributed by atoms with Gasteiger partial charge in [0.15, 0.2) is 0 Å². The highest BCUT2D eigenvalue weighted by atomic mass is 16.5. The van der Waals surface area contributed by atoms with Gasteiger partial charge in [-0.05, 0) is 38.3 Å². The molecule has 0 amide bonds. The maximum Gasteiger partial charge on any atom is 0.0740 e. The van der Waals surface area contributed by atoms with Crippen molar-refractivity contribution in [2.75, 3.05) is 13.2 Å². The van der Waals surface area contributed by atoms with Crippen LogP contribution in [0.5, 0.6) is 0 Å². The second-order valence-corrected chi connectivity index (χ2v) is 5.12. The first-order valence-corrected chi connectivity index (χ1v) is 7.12. The quantitative estimate of drug-likeness (QED) is 0.735. The fourth-order valence-electron chi connectivity index (χ4n) is 1.87. The van der Waals surface area contributed by atoms with E-state index in [1.54, 1.807) is 0 Å². The fraction of sp³-hybridized carbons (Fsp3) is 0.625. The molecule has 0 aliphatic rings. The van der Waals surface area contributed by atoms with Gasteiger partial charge in [-0.1, -0.05) is 31.2 Å². The second kappa shape index (κ2) is 8.31. The number of rotatable bonds is 8. The van der Waals surface area contributed by atoms with Gasteiger partial charge in [-0.2, -0.15) is 0 Å². The first-order valence-electron chi connectivity index (χ1n) is 7.12. The standard InChI is InChI=1S/C16H27NO2/c1-5-14-6-8-15(9-7-14)16(17)13(4)19-11-10-18-12(2)3/h6-9,12-13,16H,5,10-11,17H2,1-4H3. The molecule has 0 fully saturated rings. The van der Waals surface area contributed by atoms with E-state index in [0.717, 1.165) is 12.0 Å². The SMILES string of the molecule is CCc1ccc(C(N)C(C)OCCOC(C)C)cc1. The van der Waals surface area contributed by atoms with E-state index in [4.69, 9.17) is 15.2 Å². The van der Waals surface area contributed by atoms with Gasteiger partial charge in [0.25, 0.3) is 0 Å². The van der Waals surface area contributed by atoms with Gasteiger partial charge in [0.05, 0.1) is 31.5 Å². The Labute approximate surface area is 117 Å². The second-order valence-electron chi connectivity index (χ2n) is 5.12. The smallest absolute Gasteiger partial charge is 0.0740 e. The summed E-state index contributed by atoms with van der Waals surface area (Å²) in [6, 6.07) is 8.35. The number of ether oxygens (including phenoxy) is 2. The molecule has 1 aromatic rings. The van der Waals surface area contributed by atoms with Crippen molar-refractivity contribution in [3.05, 3.63) is 35.4 Å². The molecule has 0 saturated heterocycles. The van der Waals surface area contributed by atoms with Gasteiger partial charge in [0.2, 0.25) is 0 Å². The average Bonchev–Trinajstić information content (AvgIpc) is 2.42. The molecule has 0 aliphatic heterocycles. The minimum atomic E-state index is -0.0926. The van der Waals surface area contributed by atoms with E-state index < -0.39 is 0 Å². The zero-order valence-corrected chi connectivity index (χ0v) is 12.6. The summed E-state index contributed by atoms with van der Waals surface area (Å²) in [6.45, 7) is 9.39. The molecule has 1 rings (SSSR count). The zero-order chi connectivity index (χ0) is 14.3. The topological polar surface area (TPSA) is 44.5 Å². The van der Waals surface area contributed by atoms with Crippen molar-refractivity contribution < 1.29 is 9.47 Å². The lowest BCUT2D eigenvalue weighted by Gasteiger charge is -2.21. The molecule has 3 heteroatoms. The van der Waals surface area contributed by atoms with E-state index in [-0.39, 0.29) is 18.2 Å². The van der Waals surface area contributed by atoms with Gasteiger partial charge >= 0.3 is 0 Å². The largest absolute Gasteiger partial charge is 0.376 e. The molecule has 0 aromatic heterocycles. The molecular weight excluding hydrogens is 238 g/mol. The van der Waals surface area contributed by atoms with E-state index in [9.17, 15) is 0 Å². The van der Waals surface area contributed by atoms with Gasteiger partial charge in [0.1, 0.15) is 0 Å². The summed E-state index contributed by atoms with van der Waals surface area (Å²) < 4.78 is 11.2. The number of hydrogen-bond donors (Lipinski definition) is 1. The van der Waals surface area contributed by atoms with Crippen molar-refractivity contribution in [3.8, 4) is 0 Å². The van der Waals surface area contributed by atoms with Crippen molar-refractivity contribution >= 4 is 0 Å². The van der Waals surface area contributed by atoms with Crippen LogP contribution in [0, 0.1) is 0 Å². The van der Waals surface area contributed by atoms with E-state index in [1.807, 2.05) is 20.8 Å². The molecule has 3 nitrogen and oxygen atoms in total. The summed E-state index contributed by atoms with van der Waals surface area (Å²) in [5.74, 6) is 0. The third-order valence-corrected chi connectivity index (χ3v) is 3.19. The Bertz CT molecular complexity index is 348. The minimum Gasteiger partial charge on any atom is -0.376 e. The van der Waals surface area contributed by atoms with Crippen molar-refractivity contribution in [2.24, 2.45) is 5.73 Å². The lowest BCUT2D eigenvalue weighted by atomic mass is 10.0. The van der Waals surface area contributed by atoms with Crippen LogP contribution in [0.1, 0.15) is 44.9 Å². The Morgan fingerprint density at radius 1 is 1.00 bits per heavy atom. The lowest BCUT2D eigenvalue weighted by molar-refractivity contribution is -0.0145. The van der Waals surface area contributed by atoms with Crippen molar-refractivity contribution in [3.63, 3.8) is 0 Å². The van der Waals surface area contributed by atoms with E-state index in [1.165, 1.54) is 5.56 Å². The van der Waals surface area contributed by atoms with Crippen LogP contribution >= 0.6 is 0 Å². The number of hydrogen-bond acceptors (Lipinski definition) is 3. The highest BCUT2D eigenvalue weighted by molar-refractivity contribution is 5.25. The zero-order valence-electron chi connectivity index (χ0n) is 12.6. The van der Waals surface area contributed by atoms with E-state index in [0.29, 0.717) is 13.2 Å². The monoisotopic (exact) mass is 265 g/mol. The van der Waals surface area contributed by atoms with Crippen LogP contribution in [-0.4, -0.2) is 25.4 Å². The van der Waals surface area contributed by atoms with Gasteiger partial charge in [0, 0.05) is 0 Å². The summed E-state index contributed by atoms with van der Waals surface area (Å²) in [6.07, 6.45) is 1.28. The molecule has 0 spiro atoms.